The molecule has 0 aliphatic carbocycles. The molecule has 0 aliphatic heterocycles. The minimum absolute atomic E-state index is 0.00529. The topological polar surface area (TPSA) is 102 Å². The van der Waals surface area contributed by atoms with Crippen molar-refractivity contribution in [3.8, 4) is 5.75 Å². The summed E-state index contributed by atoms with van der Waals surface area (Å²) < 4.78 is 33.0. The van der Waals surface area contributed by atoms with Crippen molar-refractivity contribution in [1.82, 2.24) is 4.72 Å². The van der Waals surface area contributed by atoms with Crippen LogP contribution in [0.4, 0.5) is 5.69 Å². The molecule has 0 aromatic heterocycles. The molecule has 0 spiro atoms. The van der Waals surface area contributed by atoms with Gasteiger partial charge in [0.15, 0.2) is 0 Å². The van der Waals surface area contributed by atoms with Crippen LogP contribution in [0.3, 0.4) is 0 Å². The highest BCUT2D eigenvalue weighted by Gasteiger charge is 2.30. The average Bonchev–Trinajstić information content (AvgIpc) is 2.40. The predicted molar refractivity (Wildman–Crippen MR) is 82.9 cm³/mol. The van der Waals surface area contributed by atoms with Gasteiger partial charge in [0.05, 0.1) is 7.11 Å². The van der Waals surface area contributed by atoms with E-state index in [2.05, 4.69) is 4.72 Å². The molecule has 0 saturated carbocycles. The number of ether oxygens (including phenoxy) is 1. The number of aliphatic hydroxyl groups excluding tert-OH is 1. The van der Waals surface area contributed by atoms with Crippen molar-refractivity contribution < 1.29 is 18.3 Å². The van der Waals surface area contributed by atoms with Crippen LogP contribution in [0, 0.1) is 6.92 Å². The highest BCUT2D eigenvalue weighted by atomic mass is 32.2. The van der Waals surface area contributed by atoms with Gasteiger partial charge in [-0.1, -0.05) is 6.92 Å². The van der Waals surface area contributed by atoms with E-state index in [9.17, 15) is 8.42 Å². The molecule has 4 N–H and O–H groups in total. The number of methoxy groups -OCH3 is 1. The summed E-state index contributed by atoms with van der Waals surface area (Å²) in [6, 6.07) is 2.99. The lowest BCUT2D eigenvalue weighted by Gasteiger charge is -2.29. The number of aryl methyl sites for hydroxylation is 1. The van der Waals surface area contributed by atoms with Gasteiger partial charge in [0.1, 0.15) is 10.6 Å². The monoisotopic (exact) mass is 316 g/mol. The molecular formula is C14H24N2O4S. The maximum Gasteiger partial charge on any atom is 0.244 e. The summed E-state index contributed by atoms with van der Waals surface area (Å²) in [5, 5.41) is 9.10. The molecular weight excluding hydrogens is 292 g/mol. The fourth-order valence-electron chi connectivity index (χ4n) is 1.97. The van der Waals surface area contributed by atoms with Crippen molar-refractivity contribution in [1.29, 1.82) is 0 Å². The van der Waals surface area contributed by atoms with E-state index in [0.717, 1.165) is 5.56 Å². The minimum Gasteiger partial charge on any atom is -0.495 e. The van der Waals surface area contributed by atoms with E-state index in [1.165, 1.54) is 13.2 Å². The molecule has 0 bridgehead atoms. The Kier molecular flexibility index (Phi) is 5.61. The van der Waals surface area contributed by atoms with Crippen molar-refractivity contribution in [2.75, 3.05) is 19.5 Å². The number of hydrogen-bond donors (Lipinski definition) is 3. The molecule has 1 aromatic carbocycles. The summed E-state index contributed by atoms with van der Waals surface area (Å²) in [4.78, 5) is 0.00529. The van der Waals surface area contributed by atoms with Crippen LogP contribution in [0.5, 0.6) is 5.75 Å². The van der Waals surface area contributed by atoms with E-state index in [4.69, 9.17) is 15.6 Å². The lowest BCUT2D eigenvalue weighted by molar-refractivity contribution is 0.233. The van der Waals surface area contributed by atoms with Gasteiger partial charge in [-0.3, -0.25) is 0 Å². The number of benzene rings is 1. The van der Waals surface area contributed by atoms with Crippen molar-refractivity contribution in [2.24, 2.45) is 0 Å². The second-order valence-corrected chi connectivity index (χ2v) is 7.00. The molecule has 1 unspecified atom stereocenters. The van der Waals surface area contributed by atoms with Gasteiger partial charge in [0.25, 0.3) is 0 Å². The summed E-state index contributed by atoms with van der Waals surface area (Å²) in [7, 11) is -2.39. The minimum atomic E-state index is -3.80. The zero-order valence-electron chi connectivity index (χ0n) is 12.9. The molecule has 1 rings (SSSR count). The van der Waals surface area contributed by atoms with Crippen LogP contribution in [-0.2, 0) is 10.0 Å². The van der Waals surface area contributed by atoms with Crippen molar-refractivity contribution >= 4 is 15.7 Å². The number of nitrogens with two attached hydrogens (primary N) is 1. The maximum atomic E-state index is 12.6. The Morgan fingerprint density at radius 2 is 2.05 bits per heavy atom. The Morgan fingerprint density at radius 1 is 1.43 bits per heavy atom. The molecule has 1 aromatic rings. The zero-order valence-corrected chi connectivity index (χ0v) is 13.8. The Hall–Kier alpha value is -1.31. The van der Waals surface area contributed by atoms with Crippen LogP contribution >= 0.6 is 0 Å². The van der Waals surface area contributed by atoms with Crippen LogP contribution in [-0.4, -0.2) is 32.8 Å². The van der Waals surface area contributed by atoms with Crippen molar-refractivity contribution in [3.63, 3.8) is 0 Å². The maximum absolute atomic E-state index is 12.6. The van der Waals surface area contributed by atoms with E-state index in [1.807, 2.05) is 6.92 Å². The fraction of sp³-hybridized carbons (Fsp3) is 0.571. The van der Waals surface area contributed by atoms with E-state index in [1.54, 1.807) is 19.9 Å². The number of sulfonamides is 1. The Bertz CT molecular complexity index is 601. The molecule has 0 saturated heterocycles. The predicted octanol–water partition coefficient (Wildman–Crippen LogP) is 1.42. The molecule has 0 amide bonds. The molecule has 0 radical (unpaired) electrons. The highest BCUT2D eigenvalue weighted by molar-refractivity contribution is 7.89. The summed E-state index contributed by atoms with van der Waals surface area (Å²) in [5.41, 5.74) is 6.22. The number of hydrogen-bond acceptors (Lipinski definition) is 5. The number of anilines is 1. The van der Waals surface area contributed by atoms with Gasteiger partial charge >= 0.3 is 0 Å². The Labute approximate surface area is 126 Å². The van der Waals surface area contributed by atoms with Gasteiger partial charge in [-0.15, -0.1) is 0 Å². The van der Waals surface area contributed by atoms with E-state index in [0.29, 0.717) is 18.5 Å². The quantitative estimate of drug-likeness (QED) is 0.660. The third kappa shape index (κ3) is 4.09. The first kappa shape index (κ1) is 17.7. The Balaban J connectivity index is 3.28. The van der Waals surface area contributed by atoms with E-state index >= 15 is 0 Å². The number of nitrogens with one attached hydrogen (secondary N) is 1. The van der Waals surface area contributed by atoms with Crippen LogP contribution in [0.25, 0.3) is 0 Å². The lowest BCUT2D eigenvalue weighted by atomic mass is 9.97. The first-order valence-electron chi connectivity index (χ1n) is 6.78. The summed E-state index contributed by atoms with van der Waals surface area (Å²) in [6.45, 7) is 5.30. The molecule has 0 aliphatic rings. The van der Waals surface area contributed by atoms with Gasteiger partial charge in [-0.05, 0) is 44.4 Å². The van der Waals surface area contributed by atoms with Gasteiger partial charge in [-0.2, -0.15) is 0 Å². The molecule has 120 valence electrons. The van der Waals surface area contributed by atoms with Gasteiger partial charge in [0, 0.05) is 17.8 Å². The van der Waals surface area contributed by atoms with Crippen LogP contribution in [0.1, 0.15) is 32.3 Å². The third-order valence-electron chi connectivity index (χ3n) is 3.67. The van der Waals surface area contributed by atoms with Gasteiger partial charge in [-0.25, -0.2) is 13.1 Å². The van der Waals surface area contributed by atoms with Crippen molar-refractivity contribution in [3.05, 3.63) is 17.7 Å². The molecule has 7 heteroatoms. The first-order chi connectivity index (χ1) is 9.69. The lowest BCUT2D eigenvalue weighted by Crippen LogP contribution is -2.46. The zero-order chi connectivity index (χ0) is 16.3. The molecule has 1 atom stereocenters. The van der Waals surface area contributed by atoms with Crippen LogP contribution in [0.15, 0.2) is 17.0 Å². The second-order valence-electron chi connectivity index (χ2n) is 5.35. The van der Waals surface area contributed by atoms with Crippen LogP contribution < -0.4 is 15.2 Å². The number of aliphatic hydroxyl groups is 1. The smallest absolute Gasteiger partial charge is 0.244 e. The Morgan fingerprint density at radius 3 is 2.52 bits per heavy atom. The number of rotatable bonds is 7. The highest BCUT2D eigenvalue weighted by Crippen LogP contribution is 2.30. The first-order valence-corrected chi connectivity index (χ1v) is 8.26. The second kappa shape index (κ2) is 6.64. The summed E-state index contributed by atoms with van der Waals surface area (Å²) in [6.07, 6.45) is 0.878. The number of nitrogen functional groups attached to an aromatic ring is 1. The SMILES string of the molecule is CCC(C)(CCO)NS(=O)(=O)c1cc(N)c(C)cc1OC. The van der Waals surface area contributed by atoms with Crippen molar-refractivity contribution in [2.45, 2.75) is 44.0 Å². The van der Waals surface area contributed by atoms with E-state index < -0.39 is 15.6 Å². The molecule has 6 nitrogen and oxygen atoms in total. The molecule has 0 fully saturated rings. The average molecular weight is 316 g/mol. The fourth-order valence-corrected chi connectivity index (χ4v) is 3.67. The van der Waals surface area contributed by atoms with Gasteiger partial charge < -0.3 is 15.6 Å². The summed E-state index contributed by atoms with van der Waals surface area (Å²) in [5.74, 6) is 0.247. The standard InChI is InChI=1S/C14H24N2O4S/c1-5-14(3,6-7-17)16-21(18,19)13-9-11(15)10(2)8-12(13)20-4/h8-9,16-17H,5-7,15H2,1-4H3. The summed E-state index contributed by atoms with van der Waals surface area (Å²) >= 11 is 0. The molecule has 0 heterocycles. The largest absolute Gasteiger partial charge is 0.495 e. The third-order valence-corrected chi connectivity index (χ3v) is 5.33. The normalized spacial score (nSPS) is 14.7. The van der Waals surface area contributed by atoms with Gasteiger partial charge in [0.2, 0.25) is 10.0 Å². The van der Waals surface area contributed by atoms with E-state index in [-0.39, 0.29) is 17.3 Å². The molecule has 21 heavy (non-hydrogen) atoms. The van der Waals surface area contributed by atoms with Crippen LogP contribution in [0.2, 0.25) is 0 Å².